The van der Waals surface area contributed by atoms with Crippen molar-refractivity contribution in [1.82, 2.24) is 9.55 Å². The Kier molecular flexibility index (Phi) is 4.78. The first kappa shape index (κ1) is 16.4. The van der Waals surface area contributed by atoms with Crippen LogP contribution in [0, 0.1) is 5.82 Å². The highest BCUT2D eigenvalue weighted by Crippen LogP contribution is 2.14. The zero-order valence-electron chi connectivity index (χ0n) is 12.5. The first-order valence-corrected chi connectivity index (χ1v) is 7.62. The number of fused-ring (bicyclic) bond motifs is 1. The summed E-state index contributed by atoms with van der Waals surface area (Å²) >= 11 is 5.88. The van der Waals surface area contributed by atoms with Crippen molar-refractivity contribution in [2.75, 3.05) is 6.61 Å². The minimum Gasteiger partial charge on any atom is -0.491 e. The molecule has 3 aromatic rings. The van der Waals surface area contributed by atoms with Crippen LogP contribution in [-0.2, 0) is 6.54 Å². The summed E-state index contributed by atoms with van der Waals surface area (Å²) in [6.45, 7) is 0.00230. The number of aliphatic hydroxyl groups is 1. The molecule has 1 atom stereocenters. The maximum absolute atomic E-state index is 12.8. The summed E-state index contributed by atoms with van der Waals surface area (Å²) in [6.07, 6.45) is 0.446. The standard InChI is InChI=1S/C17H14ClFN2O3/c18-11-1-6-15-16(7-11)20-10-21(17(15)23)8-13(22)9-24-14-4-2-12(19)3-5-14/h1-7,10,13,22H,8-9H2/t13-/m1/s1. The van der Waals surface area contributed by atoms with Crippen LogP contribution in [0.1, 0.15) is 0 Å². The molecule has 5 nitrogen and oxygen atoms in total. The van der Waals surface area contributed by atoms with Gasteiger partial charge in [-0.2, -0.15) is 0 Å². The van der Waals surface area contributed by atoms with Crippen LogP contribution in [0.2, 0.25) is 5.02 Å². The number of aliphatic hydroxyl groups excluding tert-OH is 1. The van der Waals surface area contributed by atoms with Gasteiger partial charge >= 0.3 is 0 Å². The fraction of sp³-hybridized carbons (Fsp3) is 0.176. The van der Waals surface area contributed by atoms with Crippen molar-refractivity contribution in [2.45, 2.75) is 12.6 Å². The van der Waals surface area contributed by atoms with E-state index in [9.17, 15) is 14.3 Å². The van der Waals surface area contributed by atoms with Gasteiger partial charge in [-0.15, -0.1) is 0 Å². The smallest absolute Gasteiger partial charge is 0.261 e. The summed E-state index contributed by atoms with van der Waals surface area (Å²) in [5.41, 5.74) is 0.235. The SMILES string of the molecule is O=c1c2ccc(Cl)cc2ncn1C[C@@H](O)COc1ccc(F)cc1. The van der Waals surface area contributed by atoms with Gasteiger partial charge < -0.3 is 9.84 Å². The lowest BCUT2D eigenvalue weighted by atomic mass is 10.2. The van der Waals surface area contributed by atoms with Crippen molar-refractivity contribution in [3.8, 4) is 5.75 Å². The normalized spacial score (nSPS) is 12.3. The Balaban J connectivity index is 1.70. The number of hydrogen-bond acceptors (Lipinski definition) is 4. The Morgan fingerprint density at radius 1 is 1.25 bits per heavy atom. The van der Waals surface area contributed by atoms with Gasteiger partial charge in [0, 0.05) is 5.02 Å². The van der Waals surface area contributed by atoms with E-state index in [-0.39, 0.29) is 24.5 Å². The Morgan fingerprint density at radius 2 is 2.00 bits per heavy atom. The van der Waals surface area contributed by atoms with Gasteiger partial charge in [-0.1, -0.05) is 11.6 Å². The third kappa shape index (κ3) is 3.72. The molecule has 0 amide bonds. The minimum atomic E-state index is -0.917. The van der Waals surface area contributed by atoms with Crippen molar-refractivity contribution < 1.29 is 14.2 Å². The van der Waals surface area contributed by atoms with Crippen molar-refractivity contribution in [3.63, 3.8) is 0 Å². The quantitative estimate of drug-likeness (QED) is 0.770. The molecule has 0 saturated heterocycles. The molecule has 24 heavy (non-hydrogen) atoms. The minimum absolute atomic E-state index is 0.0310. The molecule has 1 N–H and O–H groups in total. The van der Waals surface area contributed by atoms with E-state index in [0.29, 0.717) is 21.7 Å². The number of rotatable bonds is 5. The lowest BCUT2D eigenvalue weighted by Gasteiger charge is -2.14. The molecular formula is C17H14ClFN2O3. The van der Waals surface area contributed by atoms with Gasteiger partial charge in [0.2, 0.25) is 0 Å². The van der Waals surface area contributed by atoms with Gasteiger partial charge in [-0.05, 0) is 42.5 Å². The van der Waals surface area contributed by atoms with Crippen LogP contribution in [-0.4, -0.2) is 27.4 Å². The largest absolute Gasteiger partial charge is 0.491 e. The number of ether oxygens (including phenoxy) is 1. The maximum Gasteiger partial charge on any atom is 0.261 e. The van der Waals surface area contributed by atoms with Crippen molar-refractivity contribution >= 4 is 22.5 Å². The van der Waals surface area contributed by atoms with Crippen molar-refractivity contribution in [3.05, 3.63) is 70.0 Å². The molecule has 1 heterocycles. The van der Waals surface area contributed by atoms with Crippen LogP contribution >= 0.6 is 11.6 Å². The molecule has 0 aliphatic heterocycles. The highest BCUT2D eigenvalue weighted by atomic mass is 35.5. The molecule has 1 aromatic heterocycles. The fourth-order valence-corrected chi connectivity index (χ4v) is 2.43. The lowest BCUT2D eigenvalue weighted by molar-refractivity contribution is 0.0914. The van der Waals surface area contributed by atoms with Gasteiger partial charge in [0.15, 0.2) is 0 Å². The molecule has 0 fully saturated rings. The van der Waals surface area contributed by atoms with Gasteiger partial charge in [-0.25, -0.2) is 9.37 Å². The Hall–Kier alpha value is -2.44. The number of nitrogens with zero attached hydrogens (tertiary/aromatic N) is 2. The average Bonchev–Trinajstić information content (AvgIpc) is 2.57. The van der Waals surface area contributed by atoms with Crippen LogP contribution in [0.25, 0.3) is 10.9 Å². The summed E-state index contributed by atoms with van der Waals surface area (Å²) in [7, 11) is 0. The third-order valence-corrected chi connectivity index (χ3v) is 3.69. The van der Waals surface area contributed by atoms with Crippen molar-refractivity contribution in [2.24, 2.45) is 0 Å². The van der Waals surface area contributed by atoms with Gasteiger partial charge in [-0.3, -0.25) is 9.36 Å². The molecule has 124 valence electrons. The first-order valence-electron chi connectivity index (χ1n) is 7.24. The van der Waals surface area contributed by atoms with E-state index in [1.54, 1.807) is 18.2 Å². The number of aromatic nitrogens is 2. The molecule has 0 aliphatic rings. The second-order valence-electron chi connectivity index (χ2n) is 5.28. The second kappa shape index (κ2) is 6.98. The average molecular weight is 349 g/mol. The highest BCUT2D eigenvalue weighted by Gasteiger charge is 2.10. The highest BCUT2D eigenvalue weighted by molar-refractivity contribution is 6.31. The van der Waals surface area contributed by atoms with Gasteiger partial charge in [0.25, 0.3) is 5.56 Å². The third-order valence-electron chi connectivity index (χ3n) is 3.45. The Bertz CT molecular complexity index is 912. The molecule has 0 spiro atoms. The van der Waals surface area contributed by atoms with E-state index in [1.165, 1.54) is 35.2 Å². The van der Waals surface area contributed by atoms with Crippen molar-refractivity contribution in [1.29, 1.82) is 0 Å². The molecule has 3 rings (SSSR count). The summed E-state index contributed by atoms with van der Waals surface area (Å²) in [5.74, 6) is 0.0749. The lowest BCUT2D eigenvalue weighted by Crippen LogP contribution is -2.30. The number of halogens is 2. The molecule has 0 radical (unpaired) electrons. The summed E-state index contributed by atoms with van der Waals surface area (Å²) < 4.78 is 19.5. The zero-order chi connectivity index (χ0) is 17.1. The van der Waals surface area contributed by atoms with Gasteiger partial charge in [0.05, 0.1) is 23.8 Å². The number of benzene rings is 2. The van der Waals surface area contributed by atoms with E-state index in [1.807, 2.05) is 0 Å². The summed E-state index contributed by atoms with van der Waals surface area (Å²) in [6, 6.07) is 10.3. The van der Waals surface area contributed by atoms with Crippen LogP contribution in [0.5, 0.6) is 5.75 Å². The topological polar surface area (TPSA) is 64.4 Å². The Labute approximate surface area is 141 Å². The predicted molar refractivity (Wildman–Crippen MR) is 88.9 cm³/mol. The first-order chi connectivity index (χ1) is 11.5. The van der Waals surface area contributed by atoms with E-state index in [0.717, 1.165) is 0 Å². The maximum atomic E-state index is 12.8. The molecule has 2 aromatic carbocycles. The summed E-state index contributed by atoms with van der Waals surface area (Å²) in [4.78, 5) is 16.5. The van der Waals surface area contributed by atoms with E-state index < -0.39 is 6.10 Å². The molecule has 0 saturated carbocycles. The molecule has 7 heteroatoms. The molecular weight excluding hydrogens is 335 g/mol. The van der Waals surface area contributed by atoms with Crippen LogP contribution in [0.3, 0.4) is 0 Å². The summed E-state index contributed by atoms with van der Waals surface area (Å²) in [5, 5.41) is 11.0. The fourth-order valence-electron chi connectivity index (χ4n) is 2.26. The van der Waals surface area contributed by atoms with Crippen LogP contribution in [0.15, 0.2) is 53.6 Å². The van der Waals surface area contributed by atoms with Crippen LogP contribution in [0.4, 0.5) is 4.39 Å². The molecule has 0 bridgehead atoms. The number of hydrogen-bond donors (Lipinski definition) is 1. The molecule has 0 unspecified atom stereocenters. The predicted octanol–water partition coefficient (Wildman–Crippen LogP) is 2.63. The van der Waals surface area contributed by atoms with Crippen LogP contribution < -0.4 is 10.3 Å². The Morgan fingerprint density at radius 3 is 2.75 bits per heavy atom. The van der Waals surface area contributed by atoms with E-state index >= 15 is 0 Å². The van der Waals surface area contributed by atoms with Gasteiger partial charge in [0.1, 0.15) is 24.3 Å². The zero-order valence-corrected chi connectivity index (χ0v) is 13.3. The van der Waals surface area contributed by atoms with E-state index in [4.69, 9.17) is 16.3 Å². The molecule has 0 aliphatic carbocycles. The van der Waals surface area contributed by atoms with E-state index in [2.05, 4.69) is 4.98 Å². The second-order valence-corrected chi connectivity index (χ2v) is 5.72. The monoisotopic (exact) mass is 348 g/mol.